The number of benzene rings is 2. The van der Waals surface area contributed by atoms with Gasteiger partial charge in [-0.1, -0.05) is 19.1 Å². The van der Waals surface area contributed by atoms with Gasteiger partial charge in [-0.05, 0) is 49.6 Å². The Morgan fingerprint density at radius 1 is 1.10 bits per heavy atom. The molecule has 0 aliphatic carbocycles. The van der Waals surface area contributed by atoms with E-state index < -0.39 is 0 Å². The molecule has 1 aliphatic heterocycles. The molecule has 1 saturated heterocycles. The van der Waals surface area contributed by atoms with E-state index in [2.05, 4.69) is 10.6 Å². The molecule has 8 heteroatoms. The molecule has 30 heavy (non-hydrogen) atoms. The van der Waals surface area contributed by atoms with Gasteiger partial charge in [-0.2, -0.15) is 0 Å². The lowest BCUT2D eigenvalue weighted by atomic mass is 9.95. The standard InChI is InChI=1S/C22H26N4O4/c1-2-13-23-21(27)16-7-9-18(10-8-16)24-22(28)17-11-14-25(15-12-17)19-5-3-4-6-20(19)26(29)30/h3-10,17H,2,11-15H2,1H3,(H,23,27)(H,24,28). The van der Waals surface area contributed by atoms with Crippen molar-refractivity contribution in [2.45, 2.75) is 26.2 Å². The van der Waals surface area contributed by atoms with Crippen molar-refractivity contribution >= 4 is 28.9 Å². The molecule has 0 saturated carbocycles. The van der Waals surface area contributed by atoms with E-state index in [-0.39, 0.29) is 28.3 Å². The van der Waals surface area contributed by atoms with Crippen molar-refractivity contribution in [3.8, 4) is 0 Å². The second-order valence-corrected chi connectivity index (χ2v) is 7.33. The molecule has 0 atom stereocenters. The molecule has 2 N–H and O–H groups in total. The zero-order chi connectivity index (χ0) is 21.5. The number of hydrogen-bond acceptors (Lipinski definition) is 5. The van der Waals surface area contributed by atoms with Crippen LogP contribution in [0.1, 0.15) is 36.5 Å². The third-order valence-electron chi connectivity index (χ3n) is 5.24. The van der Waals surface area contributed by atoms with Gasteiger partial charge in [0.1, 0.15) is 5.69 Å². The predicted molar refractivity (Wildman–Crippen MR) is 116 cm³/mol. The summed E-state index contributed by atoms with van der Waals surface area (Å²) in [5.74, 6) is -0.353. The maximum absolute atomic E-state index is 12.6. The van der Waals surface area contributed by atoms with Crippen LogP contribution in [-0.4, -0.2) is 36.4 Å². The highest BCUT2D eigenvalue weighted by Crippen LogP contribution is 2.31. The van der Waals surface area contributed by atoms with Crippen molar-refractivity contribution in [3.63, 3.8) is 0 Å². The van der Waals surface area contributed by atoms with Gasteiger partial charge in [0.2, 0.25) is 5.91 Å². The van der Waals surface area contributed by atoms with Gasteiger partial charge in [0, 0.05) is 42.9 Å². The Kier molecular flexibility index (Phi) is 7.00. The summed E-state index contributed by atoms with van der Waals surface area (Å²) in [6, 6.07) is 13.5. The first kappa shape index (κ1) is 21.3. The molecule has 1 aliphatic rings. The monoisotopic (exact) mass is 410 g/mol. The zero-order valence-electron chi connectivity index (χ0n) is 17.0. The predicted octanol–water partition coefficient (Wildman–Crippen LogP) is 3.59. The lowest BCUT2D eigenvalue weighted by molar-refractivity contribution is -0.384. The van der Waals surface area contributed by atoms with E-state index in [1.807, 2.05) is 11.8 Å². The number of nitro benzene ring substituents is 1. The van der Waals surface area contributed by atoms with E-state index in [1.165, 1.54) is 6.07 Å². The minimum Gasteiger partial charge on any atom is -0.366 e. The highest BCUT2D eigenvalue weighted by Gasteiger charge is 2.28. The molecule has 2 amide bonds. The highest BCUT2D eigenvalue weighted by molar-refractivity contribution is 5.96. The average molecular weight is 410 g/mol. The molecule has 0 bridgehead atoms. The molecule has 2 aromatic rings. The summed E-state index contributed by atoms with van der Waals surface area (Å²) in [6.07, 6.45) is 2.11. The molecule has 0 aromatic heterocycles. The molecule has 158 valence electrons. The van der Waals surface area contributed by atoms with E-state index in [0.717, 1.165) is 6.42 Å². The molecule has 1 fully saturated rings. The summed E-state index contributed by atoms with van der Waals surface area (Å²) >= 11 is 0. The van der Waals surface area contributed by atoms with Crippen LogP contribution in [0.2, 0.25) is 0 Å². The van der Waals surface area contributed by atoms with Gasteiger partial charge in [0.05, 0.1) is 4.92 Å². The SMILES string of the molecule is CCCNC(=O)c1ccc(NC(=O)C2CCN(c3ccccc3[N+](=O)[O-])CC2)cc1. The van der Waals surface area contributed by atoms with Crippen molar-refractivity contribution in [3.05, 3.63) is 64.2 Å². The number of hydrogen-bond donors (Lipinski definition) is 2. The number of nitrogens with one attached hydrogen (secondary N) is 2. The number of carbonyl (C=O) groups is 2. The Morgan fingerprint density at radius 3 is 2.40 bits per heavy atom. The van der Waals surface area contributed by atoms with Crippen molar-refractivity contribution < 1.29 is 14.5 Å². The number of amides is 2. The molecular weight excluding hydrogens is 384 g/mol. The van der Waals surface area contributed by atoms with E-state index in [4.69, 9.17) is 0 Å². The summed E-state index contributed by atoms with van der Waals surface area (Å²) in [6.45, 7) is 3.78. The Hall–Kier alpha value is -3.42. The van der Waals surface area contributed by atoms with Crippen molar-refractivity contribution in [2.75, 3.05) is 29.9 Å². The summed E-state index contributed by atoms with van der Waals surface area (Å²) in [5, 5.41) is 17.0. The summed E-state index contributed by atoms with van der Waals surface area (Å²) in [7, 11) is 0. The van der Waals surface area contributed by atoms with Crippen LogP contribution < -0.4 is 15.5 Å². The number of nitro groups is 1. The van der Waals surface area contributed by atoms with Crippen LogP contribution in [-0.2, 0) is 4.79 Å². The number of para-hydroxylation sites is 2. The van der Waals surface area contributed by atoms with Gasteiger partial charge in [-0.3, -0.25) is 19.7 Å². The number of piperidine rings is 1. The third-order valence-corrected chi connectivity index (χ3v) is 5.24. The lowest BCUT2D eigenvalue weighted by Gasteiger charge is -2.32. The fourth-order valence-electron chi connectivity index (χ4n) is 3.56. The van der Waals surface area contributed by atoms with Crippen molar-refractivity contribution in [2.24, 2.45) is 5.92 Å². The topological polar surface area (TPSA) is 105 Å². The molecule has 1 heterocycles. The Labute approximate surface area is 175 Å². The normalized spacial score (nSPS) is 14.2. The summed E-state index contributed by atoms with van der Waals surface area (Å²) in [4.78, 5) is 37.4. The molecule has 0 unspecified atom stereocenters. The summed E-state index contributed by atoms with van der Waals surface area (Å²) in [5.41, 5.74) is 1.88. The Bertz CT molecular complexity index is 906. The van der Waals surface area contributed by atoms with Gasteiger partial charge in [-0.15, -0.1) is 0 Å². The average Bonchev–Trinajstić information content (AvgIpc) is 2.78. The molecule has 2 aromatic carbocycles. The van der Waals surface area contributed by atoms with E-state index in [9.17, 15) is 19.7 Å². The first-order valence-electron chi connectivity index (χ1n) is 10.2. The van der Waals surface area contributed by atoms with Gasteiger partial charge in [0.15, 0.2) is 0 Å². The van der Waals surface area contributed by atoms with Crippen LogP contribution >= 0.6 is 0 Å². The number of anilines is 2. The maximum Gasteiger partial charge on any atom is 0.292 e. The van der Waals surface area contributed by atoms with Crippen LogP contribution in [0.5, 0.6) is 0 Å². The minimum atomic E-state index is -0.375. The first-order valence-corrected chi connectivity index (χ1v) is 10.2. The quantitative estimate of drug-likeness (QED) is 0.536. The van der Waals surface area contributed by atoms with Crippen LogP contribution in [0.3, 0.4) is 0 Å². The van der Waals surface area contributed by atoms with Gasteiger partial charge >= 0.3 is 0 Å². The van der Waals surface area contributed by atoms with Gasteiger partial charge in [0.25, 0.3) is 11.6 Å². The molecule has 3 rings (SSSR count). The Balaban J connectivity index is 1.55. The molecule has 0 spiro atoms. The maximum atomic E-state index is 12.6. The molecular formula is C22H26N4O4. The van der Waals surface area contributed by atoms with Crippen LogP contribution in [0.15, 0.2) is 48.5 Å². The second-order valence-electron chi connectivity index (χ2n) is 7.33. The van der Waals surface area contributed by atoms with Crippen LogP contribution in [0, 0.1) is 16.0 Å². The number of nitrogens with zero attached hydrogens (tertiary/aromatic N) is 2. The largest absolute Gasteiger partial charge is 0.366 e. The number of carbonyl (C=O) groups excluding carboxylic acids is 2. The second kappa shape index (κ2) is 9.87. The Morgan fingerprint density at radius 2 is 1.77 bits per heavy atom. The molecule has 8 nitrogen and oxygen atoms in total. The zero-order valence-corrected chi connectivity index (χ0v) is 17.0. The highest BCUT2D eigenvalue weighted by atomic mass is 16.6. The van der Waals surface area contributed by atoms with Crippen molar-refractivity contribution in [1.82, 2.24) is 5.32 Å². The van der Waals surface area contributed by atoms with E-state index in [1.54, 1.807) is 42.5 Å². The molecule has 0 radical (unpaired) electrons. The van der Waals surface area contributed by atoms with E-state index >= 15 is 0 Å². The fourth-order valence-corrected chi connectivity index (χ4v) is 3.56. The van der Waals surface area contributed by atoms with Crippen LogP contribution in [0.4, 0.5) is 17.1 Å². The minimum absolute atomic E-state index is 0.0691. The van der Waals surface area contributed by atoms with Gasteiger partial charge < -0.3 is 15.5 Å². The fraction of sp³-hybridized carbons (Fsp3) is 0.364. The van der Waals surface area contributed by atoms with Crippen molar-refractivity contribution in [1.29, 1.82) is 0 Å². The third kappa shape index (κ3) is 5.14. The first-order chi connectivity index (χ1) is 14.5. The van der Waals surface area contributed by atoms with E-state index in [0.29, 0.717) is 49.4 Å². The number of rotatable bonds is 7. The van der Waals surface area contributed by atoms with Gasteiger partial charge in [-0.25, -0.2) is 0 Å². The van der Waals surface area contributed by atoms with Crippen LogP contribution in [0.25, 0.3) is 0 Å². The lowest BCUT2D eigenvalue weighted by Crippen LogP contribution is -2.38. The summed E-state index contributed by atoms with van der Waals surface area (Å²) < 4.78 is 0. The smallest absolute Gasteiger partial charge is 0.292 e.